The van der Waals surface area contributed by atoms with Crippen LogP contribution in [0.25, 0.3) is 16.6 Å². The molecule has 3 aromatic rings. The van der Waals surface area contributed by atoms with Gasteiger partial charge in [-0.2, -0.15) is 0 Å². The van der Waals surface area contributed by atoms with Gasteiger partial charge in [0.2, 0.25) is 5.88 Å². The van der Waals surface area contributed by atoms with Crippen LogP contribution in [0.5, 0.6) is 5.88 Å². The summed E-state index contributed by atoms with van der Waals surface area (Å²) < 4.78 is 33.1. The number of nitrogens with zero attached hydrogens (tertiary/aromatic N) is 3. The SMILES string of the molecule is CC(C)(C)OC(=O)N1CCO[C@H](COc2nn(-c3ccccc3F)c3ccccc23)C1. The molecule has 164 valence electrons. The first-order valence-corrected chi connectivity index (χ1v) is 10.3. The summed E-state index contributed by atoms with van der Waals surface area (Å²) in [5.74, 6) is 0.0164. The van der Waals surface area contributed by atoms with E-state index in [0.717, 1.165) is 10.9 Å². The maximum atomic E-state index is 14.4. The summed E-state index contributed by atoms with van der Waals surface area (Å²) in [5.41, 5.74) is 0.529. The Balaban J connectivity index is 1.50. The summed E-state index contributed by atoms with van der Waals surface area (Å²) in [6.07, 6.45) is -0.686. The highest BCUT2D eigenvalue weighted by Crippen LogP contribution is 2.28. The van der Waals surface area contributed by atoms with Crippen LogP contribution in [-0.2, 0) is 9.47 Å². The van der Waals surface area contributed by atoms with E-state index in [4.69, 9.17) is 14.2 Å². The molecule has 1 aliphatic rings. The number of benzene rings is 2. The molecule has 0 saturated carbocycles. The molecule has 2 heterocycles. The lowest BCUT2D eigenvalue weighted by Crippen LogP contribution is -2.49. The third-order valence-corrected chi connectivity index (χ3v) is 4.83. The molecular weight excluding hydrogens is 401 g/mol. The number of aromatic nitrogens is 2. The summed E-state index contributed by atoms with van der Waals surface area (Å²) >= 11 is 0. The van der Waals surface area contributed by atoms with Gasteiger partial charge in [0.25, 0.3) is 0 Å². The van der Waals surface area contributed by atoms with Crippen LogP contribution in [0, 0.1) is 5.82 Å². The fourth-order valence-corrected chi connectivity index (χ4v) is 3.44. The Morgan fingerprint density at radius 2 is 1.94 bits per heavy atom. The Bertz CT molecular complexity index is 1080. The summed E-state index contributed by atoms with van der Waals surface area (Å²) in [5, 5.41) is 5.27. The predicted molar refractivity (Wildman–Crippen MR) is 114 cm³/mol. The Hall–Kier alpha value is -3.13. The van der Waals surface area contributed by atoms with Gasteiger partial charge in [-0.1, -0.05) is 24.3 Å². The number of carbonyl (C=O) groups is 1. The van der Waals surface area contributed by atoms with Crippen molar-refractivity contribution in [2.24, 2.45) is 0 Å². The van der Waals surface area contributed by atoms with Crippen LogP contribution in [0.3, 0.4) is 0 Å². The number of hydrogen-bond donors (Lipinski definition) is 0. The van der Waals surface area contributed by atoms with E-state index in [2.05, 4.69) is 5.10 Å². The van der Waals surface area contributed by atoms with Crippen molar-refractivity contribution in [3.63, 3.8) is 0 Å². The van der Waals surface area contributed by atoms with Gasteiger partial charge in [-0.15, -0.1) is 5.10 Å². The van der Waals surface area contributed by atoms with Crippen molar-refractivity contribution in [3.05, 3.63) is 54.3 Å². The van der Waals surface area contributed by atoms with Crippen LogP contribution in [0.1, 0.15) is 20.8 Å². The van der Waals surface area contributed by atoms with Crippen molar-refractivity contribution in [2.75, 3.05) is 26.3 Å². The second-order valence-corrected chi connectivity index (χ2v) is 8.42. The number of para-hydroxylation sites is 2. The lowest BCUT2D eigenvalue weighted by Gasteiger charge is -2.33. The van der Waals surface area contributed by atoms with Crippen LogP contribution in [0.15, 0.2) is 48.5 Å². The number of amides is 1. The summed E-state index contributed by atoms with van der Waals surface area (Å²) in [7, 11) is 0. The minimum absolute atomic E-state index is 0.206. The van der Waals surface area contributed by atoms with Crippen molar-refractivity contribution >= 4 is 17.0 Å². The van der Waals surface area contributed by atoms with Gasteiger partial charge in [-0.05, 0) is 45.0 Å². The summed E-state index contributed by atoms with van der Waals surface area (Å²) in [6.45, 7) is 6.95. The Kier molecular flexibility index (Phi) is 5.82. The molecule has 2 aromatic carbocycles. The summed E-state index contributed by atoms with van der Waals surface area (Å²) in [6, 6.07) is 14.0. The monoisotopic (exact) mass is 427 g/mol. The van der Waals surface area contributed by atoms with E-state index in [1.165, 1.54) is 10.7 Å². The molecule has 0 radical (unpaired) electrons. The van der Waals surface area contributed by atoms with Crippen molar-refractivity contribution < 1.29 is 23.4 Å². The van der Waals surface area contributed by atoms with Gasteiger partial charge in [-0.3, -0.25) is 0 Å². The molecule has 0 spiro atoms. The van der Waals surface area contributed by atoms with Gasteiger partial charge < -0.3 is 19.1 Å². The van der Waals surface area contributed by atoms with Gasteiger partial charge in [0.15, 0.2) is 0 Å². The molecule has 0 bridgehead atoms. The van der Waals surface area contributed by atoms with Gasteiger partial charge >= 0.3 is 6.09 Å². The zero-order valence-corrected chi connectivity index (χ0v) is 17.9. The van der Waals surface area contributed by atoms with Crippen molar-refractivity contribution in [2.45, 2.75) is 32.5 Å². The topological polar surface area (TPSA) is 65.8 Å². The minimum Gasteiger partial charge on any atom is -0.473 e. The molecule has 31 heavy (non-hydrogen) atoms. The first kappa shape index (κ1) is 21.1. The highest BCUT2D eigenvalue weighted by atomic mass is 19.1. The van der Waals surface area contributed by atoms with Crippen molar-refractivity contribution in [1.82, 2.24) is 14.7 Å². The average molecular weight is 427 g/mol. The molecule has 1 atom stereocenters. The van der Waals surface area contributed by atoms with Gasteiger partial charge in [0.05, 0.1) is 24.1 Å². The molecule has 7 nitrogen and oxygen atoms in total. The smallest absolute Gasteiger partial charge is 0.410 e. The number of rotatable bonds is 4. The van der Waals surface area contributed by atoms with E-state index in [0.29, 0.717) is 31.3 Å². The number of morpholine rings is 1. The fraction of sp³-hybridized carbons (Fsp3) is 0.391. The zero-order valence-electron chi connectivity index (χ0n) is 17.9. The van der Waals surface area contributed by atoms with Crippen molar-refractivity contribution in [3.8, 4) is 11.6 Å². The van der Waals surface area contributed by atoms with Crippen LogP contribution < -0.4 is 4.74 Å². The standard InChI is InChI=1S/C23H26FN3O4/c1-23(2,3)31-22(28)26-12-13-29-16(14-26)15-30-21-17-8-4-6-10-19(17)27(25-21)20-11-7-5-9-18(20)24/h4-11,16H,12-15H2,1-3H3/t16-/m0/s1. The quantitative estimate of drug-likeness (QED) is 0.625. The van der Waals surface area contributed by atoms with Crippen molar-refractivity contribution in [1.29, 1.82) is 0 Å². The first-order valence-electron chi connectivity index (χ1n) is 10.3. The highest BCUT2D eigenvalue weighted by Gasteiger charge is 2.29. The van der Waals surface area contributed by atoms with Crippen LogP contribution in [0.2, 0.25) is 0 Å². The van der Waals surface area contributed by atoms with E-state index in [9.17, 15) is 9.18 Å². The minimum atomic E-state index is -0.556. The molecule has 1 saturated heterocycles. The molecule has 1 aromatic heterocycles. The molecular formula is C23H26FN3O4. The molecule has 1 aliphatic heterocycles. The second kappa shape index (κ2) is 8.55. The largest absolute Gasteiger partial charge is 0.473 e. The normalized spacial score (nSPS) is 17.0. The molecule has 1 fully saturated rings. The molecule has 4 rings (SSSR count). The van der Waals surface area contributed by atoms with E-state index in [1.807, 2.05) is 45.0 Å². The maximum Gasteiger partial charge on any atom is 0.410 e. The average Bonchev–Trinajstić information content (AvgIpc) is 3.10. The van der Waals surface area contributed by atoms with Gasteiger partial charge in [0, 0.05) is 6.54 Å². The van der Waals surface area contributed by atoms with Gasteiger partial charge in [-0.25, -0.2) is 13.9 Å². The summed E-state index contributed by atoms with van der Waals surface area (Å²) in [4.78, 5) is 14.0. The van der Waals surface area contributed by atoms with E-state index in [-0.39, 0.29) is 24.6 Å². The van der Waals surface area contributed by atoms with Crippen LogP contribution in [-0.4, -0.2) is 58.8 Å². The van der Waals surface area contributed by atoms with E-state index < -0.39 is 5.60 Å². The zero-order chi connectivity index (χ0) is 22.0. The highest BCUT2D eigenvalue weighted by molar-refractivity contribution is 5.86. The number of fused-ring (bicyclic) bond motifs is 1. The molecule has 1 amide bonds. The number of hydrogen-bond acceptors (Lipinski definition) is 5. The number of halogens is 1. The lowest BCUT2D eigenvalue weighted by atomic mass is 10.2. The number of ether oxygens (including phenoxy) is 3. The molecule has 0 unspecified atom stereocenters. The Labute approximate surface area is 180 Å². The second-order valence-electron chi connectivity index (χ2n) is 8.42. The predicted octanol–water partition coefficient (Wildman–Crippen LogP) is 4.18. The van der Waals surface area contributed by atoms with Crippen LogP contribution in [0.4, 0.5) is 9.18 Å². The Morgan fingerprint density at radius 1 is 1.19 bits per heavy atom. The molecule has 8 heteroatoms. The first-order chi connectivity index (χ1) is 14.8. The molecule has 0 N–H and O–H groups in total. The third-order valence-electron chi connectivity index (χ3n) is 4.83. The lowest BCUT2D eigenvalue weighted by molar-refractivity contribution is -0.0560. The fourth-order valence-electron chi connectivity index (χ4n) is 3.44. The van der Waals surface area contributed by atoms with Gasteiger partial charge in [0.1, 0.15) is 29.8 Å². The number of carbonyl (C=O) groups excluding carboxylic acids is 1. The third kappa shape index (κ3) is 4.80. The van der Waals surface area contributed by atoms with Crippen LogP contribution >= 0.6 is 0 Å². The molecule has 0 aliphatic carbocycles. The maximum absolute atomic E-state index is 14.4. The van der Waals surface area contributed by atoms with E-state index in [1.54, 1.807) is 23.1 Å². The Morgan fingerprint density at radius 3 is 2.71 bits per heavy atom. The van der Waals surface area contributed by atoms with E-state index >= 15 is 0 Å².